The third-order valence-corrected chi connectivity index (χ3v) is 5.90. The van der Waals surface area contributed by atoms with E-state index in [-0.39, 0.29) is 0 Å². The molecule has 2 aromatic rings. The summed E-state index contributed by atoms with van der Waals surface area (Å²) in [5.74, 6) is -2.51. The molecule has 2 heterocycles. The molecule has 4 rings (SSSR count). The molecular formula is C23H21ClN2O4S. The minimum Gasteiger partial charge on any atom is -0.478 e. The smallest absolute Gasteiger partial charge is 0.328 e. The molecular weight excluding hydrogens is 436 g/mol. The number of nitrogens with zero attached hydrogens (tertiary/aromatic N) is 2. The normalized spacial score (nSPS) is 15.5. The van der Waals surface area contributed by atoms with Gasteiger partial charge in [-0.1, -0.05) is 41.6 Å². The molecule has 0 atom stereocenters. The van der Waals surface area contributed by atoms with Gasteiger partial charge in [-0.2, -0.15) is 0 Å². The summed E-state index contributed by atoms with van der Waals surface area (Å²) in [7, 11) is 2.16. The summed E-state index contributed by atoms with van der Waals surface area (Å²) in [5.41, 5.74) is 4.53. The maximum Gasteiger partial charge on any atom is 0.328 e. The number of carboxylic acid groups (broad SMARTS) is 2. The first-order chi connectivity index (χ1) is 14.8. The van der Waals surface area contributed by atoms with Gasteiger partial charge in [0, 0.05) is 45.6 Å². The molecule has 0 amide bonds. The SMILES string of the molecule is CN1CCC=C(C2=Nc3ccccc3Sc3ccc(Cl)cc32)C1.O=C(O)C=CC(=O)O. The quantitative estimate of drug-likeness (QED) is 0.638. The number of fused-ring (bicyclic) bond motifs is 2. The number of carbonyl (C=O) groups is 2. The number of rotatable bonds is 3. The Balaban J connectivity index is 0.000000293. The van der Waals surface area contributed by atoms with Crippen LogP contribution in [-0.4, -0.2) is 52.9 Å². The van der Waals surface area contributed by atoms with E-state index in [1.165, 1.54) is 15.4 Å². The van der Waals surface area contributed by atoms with Crippen molar-refractivity contribution in [2.45, 2.75) is 16.2 Å². The largest absolute Gasteiger partial charge is 0.478 e. The summed E-state index contributed by atoms with van der Waals surface area (Å²) < 4.78 is 0. The van der Waals surface area contributed by atoms with Gasteiger partial charge in [0.15, 0.2) is 0 Å². The zero-order chi connectivity index (χ0) is 22.4. The molecule has 2 N–H and O–H groups in total. The third kappa shape index (κ3) is 6.30. The fourth-order valence-electron chi connectivity index (χ4n) is 3.16. The van der Waals surface area contributed by atoms with Crippen LogP contribution >= 0.6 is 23.4 Å². The Kier molecular flexibility index (Phi) is 7.68. The Morgan fingerprint density at radius 2 is 1.81 bits per heavy atom. The van der Waals surface area contributed by atoms with Crippen molar-refractivity contribution >= 4 is 46.7 Å². The maximum absolute atomic E-state index is 9.55. The van der Waals surface area contributed by atoms with Crippen LogP contribution in [0, 0.1) is 0 Å². The molecule has 0 fully saturated rings. The third-order valence-electron chi connectivity index (χ3n) is 4.53. The molecule has 2 aliphatic rings. The molecule has 31 heavy (non-hydrogen) atoms. The molecule has 6 nitrogen and oxygen atoms in total. The number of para-hydroxylation sites is 1. The molecule has 160 valence electrons. The highest BCUT2D eigenvalue weighted by molar-refractivity contribution is 7.99. The predicted octanol–water partition coefficient (Wildman–Crippen LogP) is 4.90. The van der Waals surface area contributed by atoms with Crippen LogP contribution < -0.4 is 0 Å². The summed E-state index contributed by atoms with van der Waals surface area (Å²) >= 11 is 8.05. The Hall–Kier alpha value is -2.87. The van der Waals surface area contributed by atoms with E-state index in [1.54, 1.807) is 11.8 Å². The van der Waals surface area contributed by atoms with Gasteiger partial charge in [0.25, 0.3) is 0 Å². The lowest BCUT2D eigenvalue weighted by Crippen LogP contribution is -2.29. The number of carboxylic acids is 2. The number of likely N-dealkylation sites (N-methyl/N-ethyl adjacent to an activating group) is 1. The van der Waals surface area contributed by atoms with Gasteiger partial charge in [-0.05, 0) is 49.4 Å². The fourth-order valence-corrected chi connectivity index (χ4v) is 4.34. The second-order valence-electron chi connectivity index (χ2n) is 6.94. The van der Waals surface area contributed by atoms with E-state index in [0.717, 1.165) is 41.5 Å². The van der Waals surface area contributed by atoms with Crippen molar-refractivity contribution in [1.29, 1.82) is 0 Å². The molecule has 2 aliphatic heterocycles. The van der Waals surface area contributed by atoms with E-state index in [4.69, 9.17) is 26.8 Å². The fraction of sp³-hybridized carbons (Fsp3) is 0.174. The van der Waals surface area contributed by atoms with E-state index in [0.29, 0.717) is 12.2 Å². The van der Waals surface area contributed by atoms with Crippen LogP contribution in [0.15, 0.2) is 81.0 Å². The average molecular weight is 457 g/mol. The summed E-state index contributed by atoms with van der Waals surface area (Å²) in [4.78, 5) is 28.9. The van der Waals surface area contributed by atoms with E-state index in [2.05, 4.69) is 42.3 Å². The van der Waals surface area contributed by atoms with Crippen molar-refractivity contribution in [2.24, 2.45) is 4.99 Å². The van der Waals surface area contributed by atoms with Gasteiger partial charge in [0.2, 0.25) is 0 Å². The molecule has 0 aromatic heterocycles. The molecule has 0 saturated carbocycles. The van der Waals surface area contributed by atoms with Crippen molar-refractivity contribution in [1.82, 2.24) is 4.90 Å². The van der Waals surface area contributed by atoms with Crippen molar-refractivity contribution in [3.8, 4) is 0 Å². The molecule has 0 radical (unpaired) electrons. The number of hydrogen-bond acceptors (Lipinski definition) is 5. The van der Waals surface area contributed by atoms with Gasteiger partial charge >= 0.3 is 11.9 Å². The minimum atomic E-state index is -1.26. The van der Waals surface area contributed by atoms with Crippen LogP contribution in [0.2, 0.25) is 5.02 Å². The van der Waals surface area contributed by atoms with Crippen LogP contribution in [-0.2, 0) is 9.59 Å². The van der Waals surface area contributed by atoms with E-state index < -0.39 is 11.9 Å². The lowest BCUT2D eigenvalue weighted by Gasteiger charge is -2.24. The van der Waals surface area contributed by atoms with Gasteiger partial charge in [0.05, 0.1) is 11.4 Å². The number of aliphatic imine (C=N–C) groups is 1. The van der Waals surface area contributed by atoms with Crippen LogP contribution in [0.1, 0.15) is 12.0 Å². The van der Waals surface area contributed by atoms with Crippen LogP contribution in [0.25, 0.3) is 0 Å². The minimum absolute atomic E-state index is 0.558. The topological polar surface area (TPSA) is 90.2 Å². The van der Waals surface area contributed by atoms with E-state index in [1.807, 2.05) is 18.2 Å². The average Bonchev–Trinajstić information content (AvgIpc) is 2.89. The summed E-state index contributed by atoms with van der Waals surface area (Å²) in [6.45, 7) is 2.03. The number of halogens is 1. The van der Waals surface area contributed by atoms with Crippen LogP contribution in [0.5, 0.6) is 0 Å². The molecule has 0 saturated heterocycles. The zero-order valence-electron chi connectivity index (χ0n) is 16.8. The van der Waals surface area contributed by atoms with Crippen molar-refractivity contribution in [3.05, 3.63) is 76.9 Å². The summed E-state index contributed by atoms with van der Waals surface area (Å²) in [6.07, 6.45) is 4.50. The van der Waals surface area contributed by atoms with Gasteiger partial charge in [-0.3, -0.25) is 0 Å². The monoisotopic (exact) mass is 456 g/mol. The number of aliphatic carboxylic acids is 2. The lowest BCUT2D eigenvalue weighted by atomic mass is 9.98. The highest BCUT2D eigenvalue weighted by atomic mass is 35.5. The Labute approximate surface area is 189 Å². The van der Waals surface area contributed by atoms with Crippen molar-refractivity contribution < 1.29 is 19.8 Å². The Morgan fingerprint density at radius 3 is 2.48 bits per heavy atom. The summed E-state index contributed by atoms with van der Waals surface area (Å²) in [5, 5.41) is 16.4. The zero-order valence-corrected chi connectivity index (χ0v) is 18.4. The molecule has 8 heteroatoms. The maximum atomic E-state index is 9.55. The Bertz CT molecular complexity index is 1080. The first-order valence-electron chi connectivity index (χ1n) is 9.51. The second kappa shape index (κ2) is 10.4. The molecule has 0 aliphatic carbocycles. The molecule has 2 aromatic carbocycles. The lowest BCUT2D eigenvalue weighted by molar-refractivity contribution is -0.134. The van der Waals surface area contributed by atoms with Crippen LogP contribution in [0.4, 0.5) is 5.69 Å². The first-order valence-corrected chi connectivity index (χ1v) is 10.7. The van der Waals surface area contributed by atoms with E-state index >= 15 is 0 Å². The highest BCUT2D eigenvalue weighted by Gasteiger charge is 2.22. The molecule has 0 spiro atoms. The van der Waals surface area contributed by atoms with E-state index in [9.17, 15) is 9.59 Å². The van der Waals surface area contributed by atoms with Crippen molar-refractivity contribution in [3.63, 3.8) is 0 Å². The molecule has 0 unspecified atom stereocenters. The first kappa shape index (κ1) is 22.8. The van der Waals surface area contributed by atoms with Crippen LogP contribution in [0.3, 0.4) is 0 Å². The number of hydrogen-bond donors (Lipinski definition) is 2. The second-order valence-corrected chi connectivity index (χ2v) is 8.46. The standard InChI is InChI=1S/C19H17ClN2S.C4H4O4/c1-22-10-4-5-13(12-22)19-15-11-14(20)8-9-17(15)23-18-7-3-2-6-16(18)21-19;5-3(6)1-2-4(7)8/h2-3,5-9,11H,4,10,12H2,1H3;1-2H,(H,5,6)(H,7,8). The highest BCUT2D eigenvalue weighted by Crippen LogP contribution is 2.42. The predicted molar refractivity (Wildman–Crippen MR) is 123 cm³/mol. The van der Waals surface area contributed by atoms with Gasteiger partial charge < -0.3 is 15.1 Å². The number of benzene rings is 2. The molecule has 0 bridgehead atoms. The van der Waals surface area contributed by atoms with Gasteiger partial charge in [-0.25, -0.2) is 14.6 Å². The van der Waals surface area contributed by atoms with Gasteiger partial charge in [-0.15, -0.1) is 0 Å². The Morgan fingerprint density at radius 1 is 1.10 bits per heavy atom. The van der Waals surface area contributed by atoms with Gasteiger partial charge in [0.1, 0.15) is 0 Å². The summed E-state index contributed by atoms with van der Waals surface area (Å²) in [6, 6.07) is 14.4. The van der Waals surface area contributed by atoms with Crippen molar-refractivity contribution in [2.75, 3.05) is 20.1 Å².